The van der Waals surface area contributed by atoms with Crippen molar-refractivity contribution in [1.82, 2.24) is 4.57 Å². The number of thioether (sulfide) groups is 1. The van der Waals surface area contributed by atoms with E-state index in [4.69, 9.17) is 0 Å². The summed E-state index contributed by atoms with van der Waals surface area (Å²) >= 11 is 1.66. The number of benzene rings is 1. The smallest absolute Gasteiger partial charge is 0.341 e. The molecule has 2 aromatic rings. The van der Waals surface area contributed by atoms with Crippen LogP contribution in [0.1, 0.15) is 35.7 Å². The molecule has 138 valence electrons. The van der Waals surface area contributed by atoms with E-state index >= 15 is 4.39 Å². The van der Waals surface area contributed by atoms with Crippen LogP contribution in [0.5, 0.6) is 0 Å². The van der Waals surface area contributed by atoms with Gasteiger partial charge in [-0.15, -0.1) is 0 Å². The summed E-state index contributed by atoms with van der Waals surface area (Å²) in [6, 6.07) is 0.940. The van der Waals surface area contributed by atoms with E-state index in [0.717, 1.165) is 25.3 Å². The zero-order valence-corrected chi connectivity index (χ0v) is 15.0. The van der Waals surface area contributed by atoms with Crippen LogP contribution in [-0.2, 0) is 0 Å². The molecule has 2 heterocycles. The van der Waals surface area contributed by atoms with Crippen molar-refractivity contribution in [2.75, 3.05) is 24.2 Å². The summed E-state index contributed by atoms with van der Waals surface area (Å²) in [4.78, 5) is 25.5. The number of aromatic nitrogens is 1. The number of carbonyl (C=O) groups is 1. The van der Waals surface area contributed by atoms with Crippen molar-refractivity contribution in [3.8, 4) is 0 Å². The van der Waals surface area contributed by atoms with Crippen LogP contribution in [0, 0.1) is 11.6 Å². The maximum absolute atomic E-state index is 15.4. The lowest BCUT2D eigenvalue weighted by Crippen LogP contribution is -2.25. The molecule has 0 radical (unpaired) electrons. The third-order valence-electron chi connectivity index (χ3n) is 5.15. The maximum Gasteiger partial charge on any atom is 0.341 e. The second kappa shape index (κ2) is 6.26. The van der Waals surface area contributed by atoms with E-state index in [1.165, 1.54) is 10.8 Å². The molecule has 0 spiro atoms. The van der Waals surface area contributed by atoms with Gasteiger partial charge in [0.1, 0.15) is 17.1 Å². The number of aromatic carboxylic acids is 1. The van der Waals surface area contributed by atoms with Gasteiger partial charge in [0.15, 0.2) is 5.82 Å². The van der Waals surface area contributed by atoms with Crippen molar-refractivity contribution in [2.24, 2.45) is 0 Å². The Balaban J connectivity index is 1.97. The molecule has 8 heteroatoms. The fourth-order valence-corrected chi connectivity index (χ4v) is 4.31. The van der Waals surface area contributed by atoms with Crippen molar-refractivity contribution < 1.29 is 18.7 Å². The maximum atomic E-state index is 15.4. The van der Waals surface area contributed by atoms with Crippen LogP contribution in [0.2, 0.25) is 0 Å². The van der Waals surface area contributed by atoms with Gasteiger partial charge in [-0.1, -0.05) is 0 Å². The summed E-state index contributed by atoms with van der Waals surface area (Å²) in [5, 5.41) is 9.36. The minimum atomic E-state index is -1.39. The zero-order chi connectivity index (χ0) is 18.6. The first-order valence-corrected chi connectivity index (χ1v) is 9.79. The Morgan fingerprint density at radius 3 is 2.62 bits per heavy atom. The minimum absolute atomic E-state index is 0.00602. The summed E-state index contributed by atoms with van der Waals surface area (Å²) in [6.07, 6.45) is 5.57. The van der Waals surface area contributed by atoms with E-state index in [-0.39, 0.29) is 22.6 Å². The molecule has 1 N–H and O–H groups in total. The minimum Gasteiger partial charge on any atom is -0.477 e. The summed E-state index contributed by atoms with van der Waals surface area (Å²) in [5.41, 5.74) is -1.42. The Morgan fingerprint density at radius 1 is 1.31 bits per heavy atom. The number of hydrogen-bond acceptors (Lipinski definition) is 4. The molecule has 1 atom stereocenters. The number of anilines is 1. The first-order chi connectivity index (χ1) is 12.4. The number of hydrogen-bond donors (Lipinski definition) is 1. The third-order valence-corrected chi connectivity index (χ3v) is 6.20. The molecule has 0 amide bonds. The Morgan fingerprint density at radius 2 is 2.04 bits per heavy atom. The molecule has 1 aliphatic carbocycles. The monoisotopic (exact) mass is 380 g/mol. The Labute approximate surface area is 152 Å². The van der Waals surface area contributed by atoms with Crippen molar-refractivity contribution in [3.63, 3.8) is 0 Å². The number of fused-ring (bicyclic) bond motifs is 1. The van der Waals surface area contributed by atoms with E-state index in [2.05, 4.69) is 0 Å². The van der Waals surface area contributed by atoms with E-state index in [1.807, 2.05) is 6.26 Å². The van der Waals surface area contributed by atoms with E-state index < -0.39 is 28.6 Å². The molecule has 4 rings (SSSR count). The van der Waals surface area contributed by atoms with Gasteiger partial charge in [-0.25, -0.2) is 13.6 Å². The SMILES string of the molecule is CSC1CCN(c2c(F)cc3c(=O)c(C(=O)O)cn(C4CC4)c3c2F)C1. The van der Waals surface area contributed by atoms with Gasteiger partial charge < -0.3 is 14.6 Å². The number of carboxylic acids is 1. The van der Waals surface area contributed by atoms with Crippen LogP contribution < -0.4 is 10.3 Å². The standard InChI is InChI=1S/C18H18F2N2O3S/c1-26-10-4-5-21(7-10)16-13(19)6-11-15(14(16)20)22(9-2-3-9)8-12(17(11)23)18(24)25/h6,8-10H,2-5,7H2,1H3,(H,24,25). The molecular formula is C18H18F2N2O3S. The van der Waals surface area contributed by atoms with Gasteiger partial charge in [0.2, 0.25) is 5.43 Å². The van der Waals surface area contributed by atoms with Gasteiger partial charge in [0.05, 0.1) is 10.9 Å². The van der Waals surface area contributed by atoms with Crippen LogP contribution in [-0.4, -0.2) is 40.2 Å². The van der Waals surface area contributed by atoms with E-state index in [9.17, 15) is 19.1 Å². The average molecular weight is 380 g/mol. The predicted octanol–water partition coefficient (Wildman–Crippen LogP) is 3.25. The average Bonchev–Trinajstić information content (AvgIpc) is 3.33. The number of carboxylic acid groups (broad SMARTS) is 1. The van der Waals surface area contributed by atoms with Gasteiger partial charge in [-0.05, 0) is 31.6 Å². The van der Waals surface area contributed by atoms with Gasteiger partial charge >= 0.3 is 5.97 Å². The summed E-state index contributed by atoms with van der Waals surface area (Å²) in [6.45, 7) is 1.09. The number of halogens is 2. The predicted molar refractivity (Wildman–Crippen MR) is 97.5 cm³/mol. The fraction of sp³-hybridized carbons (Fsp3) is 0.444. The summed E-state index contributed by atoms with van der Waals surface area (Å²) < 4.78 is 31.6. The molecule has 1 saturated heterocycles. The number of rotatable bonds is 4. The molecular weight excluding hydrogens is 362 g/mol. The summed E-state index contributed by atoms with van der Waals surface area (Å²) in [7, 11) is 0. The van der Waals surface area contributed by atoms with Gasteiger partial charge in [0.25, 0.3) is 0 Å². The second-order valence-corrected chi connectivity index (χ2v) is 7.96. The molecule has 5 nitrogen and oxygen atoms in total. The number of pyridine rings is 1. The lowest BCUT2D eigenvalue weighted by atomic mass is 10.1. The molecule has 2 fully saturated rings. The highest BCUT2D eigenvalue weighted by molar-refractivity contribution is 7.99. The molecule has 26 heavy (non-hydrogen) atoms. The Hall–Kier alpha value is -2.09. The quantitative estimate of drug-likeness (QED) is 0.882. The van der Waals surface area contributed by atoms with Crippen LogP contribution in [0.3, 0.4) is 0 Å². The van der Waals surface area contributed by atoms with Gasteiger partial charge in [-0.3, -0.25) is 4.79 Å². The lowest BCUT2D eigenvalue weighted by Gasteiger charge is -2.22. The van der Waals surface area contributed by atoms with Gasteiger partial charge in [0, 0.05) is 30.6 Å². The van der Waals surface area contributed by atoms with E-state index in [0.29, 0.717) is 18.3 Å². The van der Waals surface area contributed by atoms with Crippen LogP contribution >= 0.6 is 11.8 Å². The topological polar surface area (TPSA) is 62.5 Å². The van der Waals surface area contributed by atoms with Crippen molar-refractivity contribution >= 4 is 34.3 Å². The fourth-order valence-electron chi connectivity index (χ4n) is 3.64. The molecule has 1 aliphatic heterocycles. The number of nitrogens with zero attached hydrogens (tertiary/aromatic N) is 2. The molecule has 1 aromatic carbocycles. The molecule has 2 aliphatic rings. The van der Waals surface area contributed by atoms with Crippen LogP contribution in [0.15, 0.2) is 17.1 Å². The Bertz CT molecular complexity index is 971. The van der Waals surface area contributed by atoms with E-state index in [1.54, 1.807) is 16.7 Å². The van der Waals surface area contributed by atoms with Crippen LogP contribution in [0.25, 0.3) is 10.9 Å². The molecule has 1 saturated carbocycles. The molecule has 0 bridgehead atoms. The van der Waals surface area contributed by atoms with Crippen molar-refractivity contribution in [3.05, 3.63) is 39.7 Å². The highest BCUT2D eigenvalue weighted by Crippen LogP contribution is 2.40. The zero-order valence-electron chi connectivity index (χ0n) is 14.2. The second-order valence-electron chi connectivity index (χ2n) is 6.83. The largest absolute Gasteiger partial charge is 0.477 e. The highest BCUT2D eigenvalue weighted by Gasteiger charge is 2.32. The lowest BCUT2D eigenvalue weighted by molar-refractivity contribution is 0.0695. The molecule has 1 aromatic heterocycles. The first-order valence-electron chi connectivity index (χ1n) is 8.50. The van der Waals surface area contributed by atoms with Crippen molar-refractivity contribution in [1.29, 1.82) is 0 Å². The third kappa shape index (κ3) is 2.67. The van der Waals surface area contributed by atoms with Gasteiger partial charge in [-0.2, -0.15) is 11.8 Å². The normalized spacial score (nSPS) is 20.1. The van der Waals surface area contributed by atoms with Crippen molar-refractivity contribution in [2.45, 2.75) is 30.6 Å². The first kappa shape index (κ1) is 17.3. The summed E-state index contributed by atoms with van der Waals surface area (Å²) in [5.74, 6) is -2.99. The van der Waals surface area contributed by atoms with Crippen LogP contribution in [0.4, 0.5) is 14.5 Å². The molecule has 1 unspecified atom stereocenters. The Kier molecular flexibility index (Phi) is 4.17. The highest BCUT2D eigenvalue weighted by atomic mass is 32.2.